The van der Waals surface area contributed by atoms with Crippen molar-refractivity contribution in [2.24, 2.45) is 5.73 Å². The van der Waals surface area contributed by atoms with E-state index in [1.807, 2.05) is 0 Å². The van der Waals surface area contributed by atoms with Crippen LogP contribution in [0.4, 0.5) is 10.6 Å². The molecule has 3 heterocycles. The number of carbonyl (C=O) groups excluding carboxylic acids is 1. The van der Waals surface area contributed by atoms with Gasteiger partial charge in [0.15, 0.2) is 16.2 Å². The lowest BCUT2D eigenvalue weighted by atomic mass is 10.2. The first-order chi connectivity index (χ1) is 10.5. The number of primary amides is 1. The molecule has 118 valence electrons. The van der Waals surface area contributed by atoms with Crippen LogP contribution in [0.15, 0.2) is 6.33 Å². The number of urea groups is 1. The quantitative estimate of drug-likeness (QED) is 0.482. The van der Waals surface area contributed by atoms with Crippen molar-refractivity contribution in [1.82, 2.24) is 19.5 Å². The van der Waals surface area contributed by atoms with Gasteiger partial charge in [-0.25, -0.2) is 14.8 Å². The fraction of sp³-hybridized carbons (Fsp3) is 0.455. The Labute approximate surface area is 128 Å². The van der Waals surface area contributed by atoms with Crippen LogP contribution in [0.5, 0.6) is 0 Å². The molecule has 6 N–H and O–H groups in total. The summed E-state index contributed by atoms with van der Waals surface area (Å²) < 4.78 is 7.44. The van der Waals surface area contributed by atoms with Crippen LogP contribution in [0.1, 0.15) is 12.6 Å². The topological polar surface area (TPSA) is 151 Å². The van der Waals surface area contributed by atoms with Gasteiger partial charge in [0, 0.05) is 6.42 Å². The summed E-state index contributed by atoms with van der Waals surface area (Å²) in [5.41, 5.74) is 5.90. The highest BCUT2D eigenvalue weighted by Gasteiger charge is 2.35. The first-order valence-electron chi connectivity index (χ1n) is 6.47. The van der Waals surface area contributed by atoms with Gasteiger partial charge >= 0.3 is 6.03 Å². The number of aliphatic hydroxyl groups is 2. The highest BCUT2D eigenvalue weighted by molar-refractivity contribution is 7.71. The number of ether oxygens (including phenoxy) is 1. The Balaban J connectivity index is 2.06. The standard InChI is InChI=1S/C11H14N6O4S/c12-10(20)16-8-7-9(14-3-13-8)17(11(22)15-7)6-1-4(19)5(2-18)21-6/h3-6,18-19H,1-2H2,(H,15,22)(H3,12,13,14,16,20)/t4-,5+,6+/m0/s1. The van der Waals surface area contributed by atoms with Crippen molar-refractivity contribution in [3.05, 3.63) is 11.1 Å². The van der Waals surface area contributed by atoms with E-state index in [9.17, 15) is 9.90 Å². The van der Waals surface area contributed by atoms with Crippen LogP contribution in [0.2, 0.25) is 0 Å². The molecule has 1 saturated heterocycles. The number of nitrogens with one attached hydrogen (secondary N) is 2. The molecular weight excluding hydrogens is 312 g/mol. The molecule has 1 aliphatic rings. The summed E-state index contributed by atoms with van der Waals surface area (Å²) in [6, 6.07) is -0.764. The zero-order valence-electron chi connectivity index (χ0n) is 11.3. The molecule has 0 bridgehead atoms. The summed E-state index contributed by atoms with van der Waals surface area (Å²) in [7, 11) is 0. The van der Waals surface area contributed by atoms with E-state index in [1.165, 1.54) is 6.33 Å². The van der Waals surface area contributed by atoms with E-state index >= 15 is 0 Å². The molecule has 0 radical (unpaired) electrons. The monoisotopic (exact) mass is 326 g/mol. The maximum absolute atomic E-state index is 11.0. The average molecular weight is 326 g/mol. The summed E-state index contributed by atoms with van der Waals surface area (Å²) in [6.07, 6.45) is -0.546. The van der Waals surface area contributed by atoms with Crippen molar-refractivity contribution < 1.29 is 19.7 Å². The lowest BCUT2D eigenvalue weighted by Crippen LogP contribution is -2.24. The number of fused-ring (bicyclic) bond motifs is 1. The Hall–Kier alpha value is -2.08. The molecule has 10 nitrogen and oxygen atoms in total. The van der Waals surface area contributed by atoms with E-state index in [0.717, 1.165) is 0 Å². The van der Waals surface area contributed by atoms with Crippen LogP contribution in [0.3, 0.4) is 0 Å². The molecule has 2 aromatic rings. The molecule has 3 rings (SSSR count). The van der Waals surface area contributed by atoms with Crippen LogP contribution < -0.4 is 11.1 Å². The second-order valence-corrected chi connectivity index (χ2v) is 5.21. The second-order valence-electron chi connectivity index (χ2n) is 4.83. The largest absolute Gasteiger partial charge is 0.394 e. The molecule has 2 aromatic heterocycles. The Kier molecular flexibility index (Phi) is 3.78. The maximum Gasteiger partial charge on any atom is 0.317 e. The Morgan fingerprint density at radius 2 is 2.41 bits per heavy atom. The summed E-state index contributed by atoms with van der Waals surface area (Å²) in [5, 5.41) is 21.4. The van der Waals surface area contributed by atoms with Crippen LogP contribution in [-0.4, -0.2) is 54.6 Å². The van der Waals surface area contributed by atoms with Crippen molar-refractivity contribution in [2.45, 2.75) is 24.9 Å². The molecule has 0 aromatic carbocycles. The number of imidazole rings is 1. The highest BCUT2D eigenvalue weighted by Crippen LogP contribution is 2.32. The van der Waals surface area contributed by atoms with Crippen LogP contribution in [-0.2, 0) is 4.74 Å². The van der Waals surface area contributed by atoms with Crippen LogP contribution >= 0.6 is 12.2 Å². The number of aromatic amines is 1. The Morgan fingerprint density at radius 3 is 3.05 bits per heavy atom. The molecule has 22 heavy (non-hydrogen) atoms. The highest BCUT2D eigenvalue weighted by atomic mass is 32.1. The van der Waals surface area contributed by atoms with Gasteiger partial charge in [-0.2, -0.15) is 0 Å². The molecule has 0 spiro atoms. The third kappa shape index (κ3) is 2.43. The van der Waals surface area contributed by atoms with Crippen molar-refractivity contribution in [3.8, 4) is 0 Å². The molecule has 0 saturated carbocycles. The van der Waals surface area contributed by atoms with Crippen LogP contribution in [0.25, 0.3) is 11.2 Å². The molecule has 11 heteroatoms. The molecule has 3 atom stereocenters. The Bertz CT molecular complexity index is 774. The van der Waals surface area contributed by atoms with E-state index in [0.29, 0.717) is 15.9 Å². The summed E-state index contributed by atoms with van der Waals surface area (Å²) in [5.74, 6) is 0.194. The number of hydrogen-bond acceptors (Lipinski definition) is 7. The normalized spacial score (nSPS) is 24.7. The van der Waals surface area contributed by atoms with Gasteiger partial charge in [0.05, 0.1) is 12.7 Å². The van der Waals surface area contributed by atoms with Gasteiger partial charge in [-0.3, -0.25) is 9.88 Å². The van der Waals surface area contributed by atoms with Crippen molar-refractivity contribution in [3.63, 3.8) is 0 Å². The van der Waals surface area contributed by atoms with Gasteiger partial charge in [-0.05, 0) is 12.2 Å². The average Bonchev–Trinajstić information content (AvgIpc) is 2.98. The molecular formula is C11H14N6O4S. The van der Waals surface area contributed by atoms with Gasteiger partial charge in [0.2, 0.25) is 0 Å². The second kappa shape index (κ2) is 5.61. The summed E-state index contributed by atoms with van der Waals surface area (Å²) in [4.78, 5) is 21.9. The number of amides is 2. The van der Waals surface area contributed by atoms with Crippen molar-refractivity contribution >= 4 is 35.2 Å². The summed E-state index contributed by atoms with van der Waals surface area (Å²) >= 11 is 5.25. The fourth-order valence-corrected chi connectivity index (χ4v) is 2.76. The summed E-state index contributed by atoms with van der Waals surface area (Å²) in [6.45, 7) is -0.295. The maximum atomic E-state index is 11.0. The molecule has 0 aliphatic carbocycles. The molecule has 0 unspecified atom stereocenters. The first kappa shape index (κ1) is 14.8. The van der Waals surface area contributed by atoms with E-state index in [1.54, 1.807) is 4.57 Å². The van der Waals surface area contributed by atoms with Crippen molar-refractivity contribution in [1.29, 1.82) is 0 Å². The Morgan fingerprint density at radius 1 is 1.64 bits per heavy atom. The number of H-pyrrole nitrogens is 1. The smallest absolute Gasteiger partial charge is 0.317 e. The molecule has 1 aliphatic heterocycles. The predicted octanol–water partition coefficient (Wildman–Crippen LogP) is -0.380. The SMILES string of the molecule is NC(=O)Nc1ncnc2c1[nH]c(=S)n2[C@H]1C[C@H](O)[C@@H](CO)O1. The van der Waals surface area contributed by atoms with Crippen molar-refractivity contribution in [2.75, 3.05) is 11.9 Å². The lowest BCUT2D eigenvalue weighted by molar-refractivity contribution is -0.0436. The van der Waals surface area contributed by atoms with Gasteiger partial charge in [-0.15, -0.1) is 0 Å². The number of hydrogen-bond donors (Lipinski definition) is 5. The van der Waals surface area contributed by atoms with Gasteiger partial charge in [-0.1, -0.05) is 0 Å². The van der Waals surface area contributed by atoms with Gasteiger partial charge in [0.1, 0.15) is 24.2 Å². The molecule has 1 fully saturated rings. The van der Waals surface area contributed by atoms with E-state index in [-0.39, 0.29) is 18.8 Å². The minimum Gasteiger partial charge on any atom is -0.394 e. The minimum atomic E-state index is -0.799. The van der Waals surface area contributed by atoms with E-state index in [2.05, 4.69) is 20.3 Å². The lowest BCUT2D eigenvalue weighted by Gasteiger charge is -2.13. The number of aliphatic hydroxyl groups excluding tert-OH is 2. The van der Waals surface area contributed by atoms with E-state index in [4.69, 9.17) is 27.8 Å². The first-order valence-corrected chi connectivity index (χ1v) is 6.88. The van der Waals surface area contributed by atoms with Gasteiger partial charge in [0.25, 0.3) is 0 Å². The zero-order valence-corrected chi connectivity index (χ0v) is 12.1. The van der Waals surface area contributed by atoms with Gasteiger partial charge < -0.3 is 25.7 Å². The number of nitrogens with zero attached hydrogens (tertiary/aromatic N) is 3. The van der Waals surface area contributed by atoms with E-state index < -0.39 is 24.5 Å². The number of nitrogens with two attached hydrogens (primary N) is 1. The third-order valence-corrected chi connectivity index (χ3v) is 3.72. The number of anilines is 1. The predicted molar refractivity (Wildman–Crippen MR) is 77.5 cm³/mol. The zero-order chi connectivity index (χ0) is 15.9. The molecule has 2 amide bonds. The minimum absolute atomic E-state index is 0.194. The fourth-order valence-electron chi connectivity index (χ4n) is 2.45. The van der Waals surface area contributed by atoms with Crippen LogP contribution in [0, 0.1) is 4.77 Å². The third-order valence-electron chi connectivity index (χ3n) is 3.42. The number of carbonyl (C=O) groups is 1. The number of rotatable bonds is 3. The number of aromatic nitrogens is 4.